The molecule has 0 aliphatic heterocycles. The summed E-state index contributed by atoms with van der Waals surface area (Å²) in [5.41, 5.74) is 7.35. The van der Waals surface area contributed by atoms with Crippen LogP contribution in [0.1, 0.15) is 36.0 Å². The van der Waals surface area contributed by atoms with Crippen molar-refractivity contribution in [1.82, 2.24) is 0 Å². The lowest BCUT2D eigenvalue weighted by atomic mass is 10.1. The van der Waals surface area contributed by atoms with Crippen LogP contribution in [0.4, 0.5) is 11.4 Å². The predicted octanol–water partition coefficient (Wildman–Crippen LogP) is 3.86. The fraction of sp³-hybridized carbons (Fsp3) is 0.350. The molecular weight excluding hydrogens is 332 g/mol. The fourth-order valence-corrected chi connectivity index (χ4v) is 3.06. The van der Waals surface area contributed by atoms with E-state index in [0.29, 0.717) is 34.2 Å². The first-order valence-electron chi connectivity index (χ1n) is 8.70. The van der Waals surface area contributed by atoms with Crippen molar-refractivity contribution >= 4 is 17.3 Å². The minimum absolute atomic E-state index is 0.222. The van der Waals surface area contributed by atoms with E-state index in [-0.39, 0.29) is 12.0 Å². The molecule has 0 saturated heterocycles. The number of methoxy groups -OCH3 is 2. The molecule has 1 amide bonds. The van der Waals surface area contributed by atoms with Gasteiger partial charge in [0.25, 0.3) is 5.91 Å². The highest BCUT2D eigenvalue weighted by Crippen LogP contribution is 2.33. The summed E-state index contributed by atoms with van der Waals surface area (Å²) in [6, 6.07) is 10.3. The SMILES string of the molecule is COc1ccc(N)c(NC(=O)c2ccc(OC3CCCC3)c(OC)c2)c1. The minimum Gasteiger partial charge on any atom is -0.497 e. The molecule has 138 valence electrons. The molecule has 0 atom stereocenters. The van der Waals surface area contributed by atoms with Crippen LogP contribution in [-0.4, -0.2) is 26.2 Å². The molecule has 0 bridgehead atoms. The van der Waals surface area contributed by atoms with Crippen molar-refractivity contribution in [2.45, 2.75) is 31.8 Å². The Morgan fingerprint density at radius 1 is 1.04 bits per heavy atom. The first-order chi connectivity index (χ1) is 12.6. The summed E-state index contributed by atoms with van der Waals surface area (Å²) in [5, 5.41) is 2.80. The van der Waals surface area contributed by atoms with Gasteiger partial charge in [0.05, 0.1) is 31.7 Å². The van der Waals surface area contributed by atoms with Gasteiger partial charge in [-0.1, -0.05) is 0 Å². The maximum absolute atomic E-state index is 12.6. The number of nitrogen functional groups attached to an aromatic ring is 1. The number of amides is 1. The lowest BCUT2D eigenvalue weighted by molar-refractivity contribution is 0.102. The van der Waals surface area contributed by atoms with Crippen LogP contribution in [0.5, 0.6) is 17.2 Å². The average molecular weight is 356 g/mol. The number of rotatable bonds is 6. The molecule has 6 nitrogen and oxygen atoms in total. The molecule has 1 fully saturated rings. The van der Waals surface area contributed by atoms with E-state index in [1.54, 1.807) is 50.6 Å². The second-order valence-electron chi connectivity index (χ2n) is 6.30. The molecule has 1 aliphatic rings. The Hall–Kier alpha value is -2.89. The Morgan fingerprint density at radius 3 is 2.50 bits per heavy atom. The quantitative estimate of drug-likeness (QED) is 0.768. The molecule has 1 saturated carbocycles. The van der Waals surface area contributed by atoms with Gasteiger partial charge in [0, 0.05) is 11.6 Å². The monoisotopic (exact) mass is 356 g/mol. The van der Waals surface area contributed by atoms with Crippen LogP contribution in [0.2, 0.25) is 0 Å². The zero-order chi connectivity index (χ0) is 18.5. The van der Waals surface area contributed by atoms with Crippen molar-refractivity contribution in [3.63, 3.8) is 0 Å². The maximum Gasteiger partial charge on any atom is 0.255 e. The van der Waals surface area contributed by atoms with E-state index < -0.39 is 0 Å². The molecule has 3 N–H and O–H groups in total. The molecule has 0 aromatic heterocycles. The number of ether oxygens (including phenoxy) is 3. The number of hydrogen-bond donors (Lipinski definition) is 2. The van der Waals surface area contributed by atoms with Gasteiger partial charge in [0.2, 0.25) is 0 Å². The van der Waals surface area contributed by atoms with Gasteiger partial charge in [-0.15, -0.1) is 0 Å². The Balaban J connectivity index is 1.77. The molecule has 2 aromatic rings. The van der Waals surface area contributed by atoms with E-state index >= 15 is 0 Å². The highest BCUT2D eigenvalue weighted by Gasteiger charge is 2.19. The first-order valence-corrected chi connectivity index (χ1v) is 8.70. The van der Waals surface area contributed by atoms with E-state index in [1.165, 1.54) is 12.8 Å². The number of hydrogen-bond acceptors (Lipinski definition) is 5. The minimum atomic E-state index is -0.282. The lowest BCUT2D eigenvalue weighted by Gasteiger charge is -2.16. The van der Waals surface area contributed by atoms with Crippen LogP contribution in [0.3, 0.4) is 0 Å². The third kappa shape index (κ3) is 4.02. The van der Waals surface area contributed by atoms with Crippen molar-refractivity contribution in [2.24, 2.45) is 0 Å². The van der Waals surface area contributed by atoms with Gasteiger partial charge in [-0.3, -0.25) is 4.79 Å². The van der Waals surface area contributed by atoms with Gasteiger partial charge in [-0.25, -0.2) is 0 Å². The van der Waals surface area contributed by atoms with Crippen molar-refractivity contribution in [1.29, 1.82) is 0 Å². The van der Waals surface area contributed by atoms with Crippen LogP contribution in [0, 0.1) is 0 Å². The van der Waals surface area contributed by atoms with Gasteiger partial charge in [-0.05, 0) is 56.0 Å². The summed E-state index contributed by atoms with van der Waals surface area (Å²) < 4.78 is 16.6. The Kier molecular flexibility index (Phi) is 5.51. The normalized spacial score (nSPS) is 14.1. The summed E-state index contributed by atoms with van der Waals surface area (Å²) in [6.45, 7) is 0. The smallest absolute Gasteiger partial charge is 0.255 e. The summed E-state index contributed by atoms with van der Waals surface area (Å²) in [7, 11) is 3.13. The zero-order valence-corrected chi connectivity index (χ0v) is 15.1. The van der Waals surface area contributed by atoms with E-state index in [9.17, 15) is 4.79 Å². The third-order valence-corrected chi connectivity index (χ3v) is 4.53. The van der Waals surface area contributed by atoms with Gasteiger partial charge in [-0.2, -0.15) is 0 Å². The van der Waals surface area contributed by atoms with Crippen molar-refractivity contribution in [2.75, 3.05) is 25.3 Å². The molecule has 3 rings (SSSR count). The van der Waals surface area contributed by atoms with Crippen molar-refractivity contribution < 1.29 is 19.0 Å². The van der Waals surface area contributed by atoms with Crippen LogP contribution in [0.15, 0.2) is 36.4 Å². The standard InChI is InChI=1S/C20H24N2O4/c1-24-15-8-9-16(21)17(12-15)22-20(23)13-7-10-18(19(11-13)25-2)26-14-5-3-4-6-14/h7-12,14H,3-6,21H2,1-2H3,(H,22,23). The number of nitrogens with two attached hydrogens (primary N) is 1. The van der Waals surface area contributed by atoms with Gasteiger partial charge >= 0.3 is 0 Å². The Labute approximate surface area is 153 Å². The molecule has 0 spiro atoms. The lowest BCUT2D eigenvalue weighted by Crippen LogP contribution is -2.15. The van der Waals surface area contributed by atoms with Crippen molar-refractivity contribution in [3.05, 3.63) is 42.0 Å². The molecule has 0 radical (unpaired) electrons. The Bertz CT molecular complexity index is 785. The molecule has 6 heteroatoms. The molecule has 1 aliphatic carbocycles. The highest BCUT2D eigenvalue weighted by molar-refractivity contribution is 6.06. The first kappa shape index (κ1) is 17.9. The number of carbonyl (C=O) groups is 1. The van der Waals surface area contributed by atoms with Crippen LogP contribution < -0.4 is 25.3 Å². The number of carbonyl (C=O) groups excluding carboxylic acids is 1. The molecule has 2 aromatic carbocycles. The second-order valence-corrected chi connectivity index (χ2v) is 6.30. The molecule has 0 heterocycles. The zero-order valence-electron chi connectivity index (χ0n) is 15.1. The second kappa shape index (κ2) is 7.99. The fourth-order valence-electron chi connectivity index (χ4n) is 3.06. The van der Waals surface area contributed by atoms with E-state index in [0.717, 1.165) is 12.8 Å². The largest absolute Gasteiger partial charge is 0.497 e. The maximum atomic E-state index is 12.6. The summed E-state index contributed by atoms with van der Waals surface area (Å²) >= 11 is 0. The topological polar surface area (TPSA) is 82.8 Å². The van der Waals surface area contributed by atoms with E-state index in [1.807, 2.05) is 0 Å². The van der Waals surface area contributed by atoms with E-state index in [4.69, 9.17) is 19.9 Å². The van der Waals surface area contributed by atoms with Crippen LogP contribution >= 0.6 is 0 Å². The van der Waals surface area contributed by atoms with Gasteiger partial charge < -0.3 is 25.3 Å². The van der Waals surface area contributed by atoms with Crippen LogP contribution in [0.25, 0.3) is 0 Å². The van der Waals surface area contributed by atoms with Gasteiger partial charge in [0.15, 0.2) is 11.5 Å². The van der Waals surface area contributed by atoms with E-state index in [2.05, 4.69) is 5.32 Å². The third-order valence-electron chi connectivity index (χ3n) is 4.53. The predicted molar refractivity (Wildman–Crippen MR) is 101 cm³/mol. The molecular formula is C20H24N2O4. The molecule has 0 unspecified atom stereocenters. The van der Waals surface area contributed by atoms with Crippen molar-refractivity contribution in [3.8, 4) is 17.2 Å². The number of nitrogens with one attached hydrogen (secondary N) is 1. The van der Waals surface area contributed by atoms with Gasteiger partial charge in [0.1, 0.15) is 5.75 Å². The number of anilines is 2. The summed E-state index contributed by atoms with van der Waals surface area (Å²) in [6.07, 6.45) is 4.71. The van der Waals surface area contributed by atoms with Crippen LogP contribution in [-0.2, 0) is 0 Å². The highest BCUT2D eigenvalue weighted by atomic mass is 16.5. The summed E-state index contributed by atoms with van der Waals surface area (Å²) in [4.78, 5) is 12.6. The Morgan fingerprint density at radius 2 is 1.81 bits per heavy atom. The number of benzene rings is 2. The average Bonchev–Trinajstić information content (AvgIpc) is 3.16. The summed E-state index contributed by atoms with van der Waals surface area (Å²) in [5.74, 6) is 1.54. The molecule has 26 heavy (non-hydrogen) atoms.